The summed E-state index contributed by atoms with van der Waals surface area (Å²) in [5.41, 5.74) is -0.479. The zero-order valence-electron chi connectivity index (χ0n) is 12.1. The zero-order chi connectivity index (χ0) is 17.3. The molecule has 0 spiro atoms. The van der Waals surface area contributed by atoms with Crippen molar-refractivity contribution in [3.8, 4) is 6.07 Å². The van der Waals surface area contributed by atoms with E-state index in [1.807, 2.05) is 6.07 Å². The van der Waals surface area contributed by atoms with Crippen LogP contribution in [0, 0.1) is 17.1 Å². The number of sulfonamides is 1. The molecular formula is C16H10FN3O3S. The summed E-state index contributed by atoms with van der Waals surface area (Å²) in [7, 11) is -4.05. The molecule has 0 atom stereocenters. The van der Waals surface area contributed by atoms with E-state index in [-0.39, 0.29) is 16.0 Å². The maximum Gasteiger partial charge on any atom is 0.261 e. The molecule has 8 heteroatoms. The Hall–Kier alpha value is -3.18. The second-order valence-corrected chi connectivity index (χ2v) is 6.65. The smallest absolute Gasteiger partial charge is 0.261 e. The Bertz CT molecular complexity index is 1130. The van der Waals surface area contributed by atoms with Crippen molar-refractivity contribution in [2.24, 2.45) is 0 Å². The maximum atomic E-state index is 14.1. The molecule has 3 aromatic rings. The molecule has 0 saturated heterocycles. The topological polar surface area (TPSA) is 103 Å². The van der Waals surface area contributed by atoms with Crippen LogP contribution in [0.1, 0.15) is 5.56 Å². The van der Waals surface area contributed by atoms with Gasteiger partial charge in [0.25, 0.3) is 15.6 Å². The number of anilines is 1. The predicted octanol–water partition coefficient (Wildman–Crippen LogP) is 2.34. The van der Waals surface area contributed by atoms with Crippen LogP contribution in [0.4, 0.5) is 10.1 Å². The fraction of sp³-hybridized carbons (Fsp3) is 0. The average Bonchev–Trinajstić information content (AvgIpc) is 2.56. The van der Waals surface area contributed by atoms with Crippen molar-refractivity contribution < 1.29 is 12.8 Å². The number of nitrogens with one attached hydrogen (secondary N) is 2. The van der Waals surface area contributed by atoms with Gasteiger partial charge in [-0.05, 0) is 47.9 Å². The van der Waals surface area contributed by atoms with E-state index in [0.29, 0.717) is 10.9 Å². The van der Waals surface area contributed by atoms with Crippen LogP contribution >= 0.6 is 0 Å². The number of pyridine rings is 1. The molecule has 0 amide bonds. The first-order chi connectivity index (χ1) is 11.4. The first-order valence-electron chi connectivity index (χ1n) is 6.75. The lowest BCUT2D eigenvalue weighted by Gasteiger charge is -2.10. The molecule has 2 N–H and O–H groups in total. The predicted molar refractivity (Wildman–Crippen MR) is 86.5 cm³/mol. The van der Waals surface area contributed by atoms with Gasteiger partial charge in [-0.3, -0.25) is 9.52 Å². The molecule has 0 radical (unpaired) electrons. The number of hydrogen-bond acceptors (Lipinski definition) is 4. The van der Waals surface area contributed by atoms with Crippen molar-refractivity contribution >= 4 is 26.5 Å². The van der Waals surface area contributed by atoms with E-state index in [4.69, 9.17) is 5.26 Å². The molecule has 120 valence electrons. The highest BCUT2D eigenvalue weighted by Crippen LogP contribution is 2.23. The monoisotopic (exact) mass is 343 g/mol. The Labute approximate surface area is 136 Å². The summed E-state index contributed by atoms with van der Waals surface area (Å²) >= 11 is 0. The van der Waals surface area contributed by atoms with Crippen molar-refractivity contribution in [2.45, 2.75) is 4.90 Å². The van der Waals surface area contributed by atoms with Gasteiger partial charge in [-0.15, -0.1) is 0 Å². The fourth-order valence-electron chi connectivity index (χ4n) is 2.20. The van der Waals surface area contributed by atoms with Gasteiger partial charge in [0, 0.05) is 11.6 Å². The van der Waals surface area contributed by atoms with Crippen LogP contribution in [0.2, 0.25) is 0 Å². The molecule has 1 heterocycles. The second kappa shape index (κ2) is 5.79. The molecule has 3 rings (SSSR count). The van der Waals surface area contributed by atoms with Gasteiger partial charge in [0.15, 0.2) is 0 Å². The van der Waals surface area contributed by atoms with Gasteiger partial charge >= 0.3 is 0 Å². The number of nitriles is 1. The molecule has 0 unspecified atom stereocenters. The van der Waals surface area contributed by atoms with E-state index in [0.717, 1.165) is 12.1 Å². The molecule has 24 heavy (non-hydrogen) atoms. The lowest BCUT2D eigenvalue weighted by atomic mass is 10.1. The highest BCUT2D eigenvalue weighted by atomic mass is 32.2. The van der Waals surface area contributed by atoms with E-state index < -0.39 is 21.4 Å². The van der Waals surface area contributed by atoms with Crippen molar-refractivity contribution in [3.05, 3.63) is 70.4 Å². The third kappa shape index (κ3) is 2.85. The normalized spacial score (nSPS) is 11.2. The number of aromatic nitrogens is 1. The molecule has 0 fully saturated rings. The molecule has 2 aromatic carbocycles. The Morgan fingerprint density at radius 1 is 1.12 bits per heavy atom. The SMILES string of the molecule is N#Cc1ccc(S(=O)(=O)Nc2cc3c(=O)[nH]ccc3cc2F)cc1. The van der Waals surface area contributed by atoms with Crippen LogP contribution < -0.4 is 10.3 Å². The largest absolute Gasteiger partial charge is 0.329 e. The number of H-pyrrole nitrogens is 1. The van der Waals surface area contributed by atoms with Crippen LogP contribution in [0.5, 0.6) is 0 Å². The van der Waals surface area contributed by atoms with Crippen molar-refractivity contribution in [2.75, 3.05) is 4.72 Å². The molecule has 0 aliphatic carbocycles. The Balaban J connectivity index is 2.05. The second-order valence-electron chi connectivity index (χ2n) is 4.97. The van der Waals surface area contributed by atoms with E-state index in [2.05, 4.69) is 9.71 Å². The van der Waals surface area contributed by atoms with Crippen molar-refractivity contribution in [3.63, 3.8) is 0 Å². The number of benzene rings is 2. The van der Waals surface area contributed by atoms with Crippen LogP contribution in [0.15, 0.2) is 58.4 Å². The van der Waals surface area contributed by atoms with Crippen molar-refractivity contribution in [1.29, 1.82) is 5.26 Å². The number of rotatable bonds is 3. The van der Waals surface area contributed by atoms with Crippen LogP contribution in [0.25, 0.3) is 10.8 Å². The fourth-order valence-corrected chi connectivity index (χ4v) is 3.26. The highest BCUT2D eigenvalue weighted by molar-refractivity contribution is 7.92. The summed E-state index contributed by atoms with van der Waals surface area (Å²) in [5, 5.41) is 9.25. The molecule has 0 aliphatic rings. The summed E-state index contributed by atoms with van der Waals surface area (Å²) < 4.78 is 40.9. The van der Waals surface area contributed by atoms with Gasteiger partial charge in [0.05, 0.1) is 22.2 Å². The minimum Gasteiger partial charge on any atom is -0.329 e. The quantitative estimate of drug-likeness (QED) is 0.762. The van der Waals surface area contributed by atoms with Gasteiger partial charge < -0.3 is 4.98 Å². The number of fused-ring (bicyclic) bond motifs is 1. The standard InChI is InChI=1S/C16H10FN3O3S/c17-14-7-11-5-6-19-16(21)13(11)8-15(14)20-24(22,23)12-3-1-10(9-18)2-4-12/h1-8,20H,(H,19,21). The molecule has 0 aliphatic heterocycles. The number of halogens is 1. The van der Waals surface area contributed by atoms with E-state index >= 15 is 0 Å². The lowest BCUT2D eigenvalue weighted by Crippen LogP contribution is -2.15. The zero-order valence-corrected chi connectivity index (χ0v) is 12.9. The molecule has 1 aromatic heterocycles. The third-order valence-corrected chi connectivity index (χ3v) is 4.78. The highest BCUT2D eigenvalue weighted by Gasteiger charge is 2.17. The molecular weight excluding hydrogens is 333 g/mol. The van der Waals surface area contributed by atoms with Gasteiger partial charge in [0.1, 0.15) is 5.82 Å². The average molecular weight is 343 g/mol. The van der Waals surface area contributed by atoms with Gasteiger partial charge in [0.2, 0.25) is 0 Å². The van der Waals surface area contributed by atoms with Crippen molar-refractivity contribution in [1.82, 2.24) is 4.98 Å². The third-order valence-electron chi connectivity index (χ3n) is 3.40. The maximum absolute atomic E-state index is 14.1. The minimum absolute atomic E-state index is 0.122. The van der Waals surface area contributed by atoms with Crippen LogP contribution in [-0.4, -0.2) is 13.4 Å². The van der Waals surface area contributed by atoms with E-state index in [9.17, 15) is 17.6 Å². The van der Waals surface area contributed by atoms with Crippen LogP contribution in [0.3, 0.4) is 0 Å². The minimum atomic E-state index is -4.05. The first-order valence-corrected chi connectivity index (χ1v) is 8.23. The Morgan fingerprint density at radius 3 is 2.50 bits per heavy atom. The van der Waals surface area contributed by atoms with Gasteiger partial charge in [-0.25, -0.2) is 12.8 Å². The molecule has 0 saturated carbocycles. The summed E-state index contributed by atoms with van der Waals surface area (Å²) in [4.78, 5) is 14.1. The molecule has 6 nitrogen and oxygen atoms in total. The Kier molecular flexibility index (Phi) is 3.79. The Morgan fingerprint density at radius 2 is 1.83 bits per heavy atom. The van der Waals surface area contributed by atoms with Crippen LogP contribution in [-0.2, 0) is 10.0 Å². The molecule has 0 bridgehead atoms. The first kappa shape index (κ1) is 15.7. The number of hydrogen-bond donors (Lipinski definition) is 2. The van der Waals surface area contributed by atoms with Gasteiger partial charge in [-0.2, -0.15) is 5.26 Å². The summed E-state index contributed by atoms with van der Waals surface area (Å²) in [6.45, 7) is 0. The lowest BCUT2D eigenvalue weighted by molar-refractivity contribution is 0.598. The number of aromatic amines is 1. The van der Waals surface area contributed by atoms with E-state index in [1.165, 1.54) is 36.5 Å². The van der Waals surface area contributed by atoms with Gasteiger partial charge in [-0.1, -0.05) is 0 Å². The summed E-state index contributed by atoms with van der Waals surface area (Å²) in [5.74, 6) is -0.801. The summed E-state index contributed by atoms with van der Waals surface area (Å²) in [6, 6.07) is 10.8. The summed E-state index contributed by atoms with van der Waals surface area (Å²) in [6.07, 6.45) is 1.38. The van der Waals surface area contributed by atoms with E-state index in [1.54, 1.807) is 0 Å². The number of nitrogens with zero attached hydrogens (tertiary/aromatic N) is 1.